The molecule has 6 nitrogen and oxygen atoms in total. The Hall–Kier alpha value is -2.59. The molecule has 0 radical (unpaired) electrons. The van der Waals surface area contributed by atoms with Crippen LogP contribution in [0.5, 0.6) is 0 Å². The standard InChI is InChI=1S/C16H15N5OS/c1-20-15(22)13-12(9-5-3-2-4-6-9)10(7-17)14(19)21-11(18)8-23-16(13)21/h2-6,10,12,18-19H,8H2,1H3,(H,20,22). The highest BCUT2D eigenvalue weighted by atomic mass is 32.2. The van der Waals surface area contributed by atoms with E-state index in [0.29, 0.717) is 16.4 Å². The Labute approximate surface area is 138 Å². The summed E-state index contributed by atoms with van der Waals surface area (Å²) in [7, 11) is 1.55. The second-order valence-corrected chi connectivity index (χ2v) is 6.21. The lowest BCUT2D eigenvalue weighted by Gasteiger charge is -2.36. The van der Waals surface area contributed by atoms with Crippen LogP contribution < -0.4 is 5.32 Å². The highest BCUT2D eigenvalue weighted by Gasteiger charge is 2.46. The molecule has 1 aromatic carbocycles. The summed E-state index contributed by atoms with van der Waals surface area (Å²) in [6, 6.07) is 11.5. The Morgan fingerprint density at radius 2 is 2.09 bits per heavy atom. The molecule has 0 aliphatic carbocycles. The molecule has 2 aliphatic rings. The first-order chi connectivity index (χ1) is 11.1. The zero-order valence-electron chi connectivity index (χ0n) is 12.5. The molecular weight excluding hydrogens is 310 g/mol. The van der Waals surface area contributed by atoms with Gasteiger partial charge in [0.15, 0.2) is 0 Å². The summed E-state index contributed by atoms with van der Waals surface area (Å²) in [5.74, 6) is -0.862. The van der Waals surface area contributed by atoms with Gasteiger partial charge in [0.05, 0.1) is 22.4 Å². The largest absolute Gasteiger partial charge is 0.355 e. The molecule has 2 unspecified atom stereocenters. The highest BCUT2D eigenvalue weighted by Crippen LogP contribution is 2.46. The molecule has 116 valence electrons. The molecule has 0 aromatic heterocycles. The Balaban J connectivity index is 2.25. The molecule has 3 N–H and O–H groups in total. The minimum atomic E-state index is -0.799. The van der Waals surface area contributed by atoms with Gasteiger partial charge >= 0.3 is 0 Å². The molecule has 1 amide bonds. The van der Waals surface area contributed by atoms with E-state index in [4.69, 9.17) is 10.8 Å². The van der Waals surface area contributed by atoms with Crippen molar-refractivity contribution < 1.29 is 4.79 Å². The molecule has 0 saturated carbocycles. The maximum atomic E-state index is 12.5. The van der Waals surface area contributed by atoms with Crippen molar-refractivity contribution in [2.24, 2.45) is 5.92 Å². The van der Waals surface area contributed by atoms with Crippen LogP contribution in [0.2, 0.25) is 0 Å². The van der Waals surface area contributed by atoms with Crippen LogP contribution in [0.25, 0.3) is 0 Å². The topological polar surface area (TPSA) is 104 Å². The van der Waals surface area contributed by atoms with E-state index in [2.05, 4.69) is 11.4 Å². The van der Waals surface area contributed by atoms with Gasteiger partial charge in [-0.2, -0.15) is 5.26 Å². The lowest BCUT2D eigenvalue weighted by Crippen LogP contribution is -2.45. The Morgan fingerprint density at radius 1 is 1.39 bits per heavy atom. The Kier molecular flexibility index (Phi) is 3.92. The van der Waals surface area contributed by atoms with Crippen LogP contribution in [0.15, 0.2) is 40.9 Å². The van der Waals surface area contributed by atoms with Gasteiger partial charge in [0.1, 0.15) is 17.6 Å². The summed E-state index contributed by atoms with van der Waals surface area (Å²) in [6.45, 7) is 0. The number of carbonyl (C=O) groups excluding carboxylic acids is 1. The summed E-state index contributed by atoms with van der Waals surface area (Å²) in [5, 5.41) is 29.2. The van der Waals surface area contributed by atoms with Crippen molar-refractivity contribution in [3.63, 3.8) is 0 Å². The van der Waals surface area contributed by atoms with Gasteiger partial charge in [-0.1, -0.05) is 42.1 Å². The van der Waals surface area contributed by atoms with E-state index in [-0.39, 0.29) is 17.6 Å². The van der Waals surface area contributed by atoms with Crippen LogP contribution >= 0.6 is 11.8 Å². The van der Waals surface area contributed by atoms with Crippen molar-refractivity contribution in [2.45, 2.75) is 5.92 Å². The second kappa shape index (κ2) is 5.89. The van der Waals surface area contributed by atoms with E-state index in [9.17, 15) is 10.1 Å². The number of hydrogen-bond acceptors (Lipinski definition) is 5. The third kappa shape index (κ3) is 2.32. The van der Waals surface area contributed by atoms with Crippen molar-refractivity contribution in [1.29, 1.82) is 16.1 Å². The molecule has 7 heteroatoms. The zero-order valence-corrected chi connectivity index (χ0v) is 13.3. The highest BCUT2D eigenvalue weighted by molar-refractivity contribution is 8.04. The van der Waals surface area contributed by atoms with Crippen LogP contribution in [-0.4, -0.2) is 35.3 Å². The van der Waals surface area contributed by atoms with E-state index in [1.165, 1.54) is 16.7 Å². The van der Waals surface area contributed by atoms with Crippen molar-refractivity contribution in [1.82, 2.24) is 10.2 Å². The first-order valence-corrected chi connectivity index (χ1v) is 8.08. The number of thioether (sulfide) groups is 1. The molecule has 1 aromatic rings. The third-order valence-electron chi connectivity index (χ3n) is 4.00. The molecule has 3 rings (SSSR count). The van der Waals surface area contributed by atoms with Crippen LogP contribution in [0.4, 0.5) is 0 Å². The molecule has 23 heavy (non-hydrogen) atoms. The lowest BCUT2D eigenvalue weighted by atomic mass is 9.77. The number of nitrogens with zero attached hydrogens (tertiary/aromatic N) is 2. The molecule has 2 atom stereocenters. The van der Waals surface area contributed by atoms with Crippen molar-refractivity contribution in [3.05, 3.63) is 46.5 Å². The Morgan fingerprint density at radius 3 is 2.70 bits per heavy atom. The second-order valence-electron chi connectivity index (χ2n) is 5.25. The molecule has 2 heterocycles. The predicted octanol–water partition coefficient (Wildman–Crippen LogP) is 1.88. The maximum absolute atomic E-state index is 12.5. The van der Waals surface area contributed by atoms with Gasteiger partial charge < -0.3 is 5.32 Å². The van der Waals surface area contributed by atoms with Gasteiger partial charge in [-0.15, -0.1) is 0 Å². The summed E-state index contributed by atoms with van der Waals surface area (Å²) >= 11 is 1.37. The fourth-order valence-electron chi connectivity index (χ4n) is 2.97. The number of hydrogen-bond donors (Lipinski definition) is 3. The molecule has 1 saturated heterocycles. The molecule has 0 bridgehead atoms. The van der Waals surface area contributed by atoms with Gasteiger partial charge in [-0.05, 0) is 5.56 Å². The normalized spacial score (nSPS) is 23.6. The van der Waals surface area contributed by atoms with E-state index in [1.807, 2.05) is 30.3 Å². The molecule has 0 spiro atoms. The van der Waals surface area contributed by atoms with E-state index >= 15 is 0 Å². The number of rotatable bonds is 2. The van der Waals surface area contributed by atoms with Gasteiger partial charge in [0.2, 0.25) is 5.91 Å². The van der Waals surface area contributed by atoms with E-state index < -0.39 is 11.8 Å². The number of likely N-dealkylation sites (N-methyl/N-ethyl adjacent to an activating group) is 1. The lowest BCUT2D eigenvalue weighted by molar-refractivity contribution is -0.117. The summed E-state index contributed by atoms with van der Waals surface area (Å²) < 4.78 is 0. The SMILES string of the molecule is CNC(=O)C1=C2SCC(=N)N2C(=N)C(C#N)C1c1ccccc1. The van der Waals surface area contributed by atoms with Crippen molar-refractivity contribution in [2.75, 3.05) is 12.8 Å². The van der Waals surface area contributed by atoms with Crippen LogP contribution in [0.3, 0.4) is 0 Å². The minimum Gasteiger partial charge on any atom is -0.355 e. The summed E-state index contributed by atoms with van der Waals surface area (Å²) in [5.41, 5.74) is 1.29. The Bertz CT molecular complexity index is 764. The average Bonchev–Trinajstić information content (AvgIpc) is 2.96. The zero-order chi connectivity index (χ0) is 16.6. The van der Waals surface area contributed by atoms with Gasteiger partial charge in [0.25, 0.3) is 0 Å². The number of carbonyl (C=O) groups is 1. The van der Waals surface area contributed by atoms with Crippen molar-refractivity contribution >= 4 is 29.3 Å². The van der Waals surface area contributed by atoms with Gasteiger partial charge in [-0.3, -0.25) is 20.5 Å². The smallest absolute Gasteiger partial charge is 0.250 e. The fourth-order valence-corrected chi connectivity index (χ4v) is 4.08. The first-order valence-electron chi connectivity index (χ1n) is 7.09. The first kappa shape index (κ1) is 15.3. The molecular formula is C16H15N5OS. The van der Waals surface area contributed by atoms with Gasteiger partial charge in [0, 0.05) is 13.0 Å². The van der Waals surface area contributed by atoms with Crippen LogP contribution in [0.1, 0.15) is 11.5 Å². The quantitative estimate of drug-likeness (QED) is 0.772. The third-order valence-corrected chi connectivity index (χ3v) is 5.09. The van der Waals surface area contributed by atoms with E-state index in [0.717, 1.165) is 5.56 Å². The van der Waals surface area contributed by atoms with E-state index in [1.54, 1.807) is 7.05 Å². The number of nitrogens with one attached hydrogen (secondary N) is 3. The fraction of sp³-hybridized carbons (Fsp3) is 0.250. The van der Waals surface area contributed by atoms with Gasteiger partial charge in [-0.25, -0.2) is 0 Å². The van der Waals surface area contributed by atoms with Crippen LogP contribution in [-0.2, 0) is 4.79 Å². The summed E-state index contributed by atoms with van der Waals surface area (Å²) in [4.78, 5) is 13.9. The number of fused-ring (bicyclic) bond motifs is 1. The molecule has 2 aliphatic heterocycles. The monoisotopic (exact) mass is 325 g/mol. The predicted molar refractivity (Wildman–Crippen MR) is 89.1 cm³/mol. The number of amidine groups is 2. The average molecular weight is 325 g/mol. The summed E-state index contributed by atoms with van der Waals surface area (Å²) in [6.07, 6.45) is 0. The van der Waals surface area contributed by atoms with Crippen molar-refractivity contribution in [3.8, 4) is 6.07 Å². The molecule has 1 fully saturated rings. The maximum Gasteiger partial charge on any atom is 0.250 e. The minimum absolute atomic E-state index is 0.0685. The number of amides is 1. The number of benzene rings is 1. The van der Waals surface area contributed by atoms with Crippen LogP contribution in [0, 0.1) is 28.1 Å². The number of nitriles is 1.